The summed E-state index contributed by atoms with van der Waals surface area (Å²) in [4.78, 5) is 10.9. The zero-order valence-corrected chi connectivity index (χ0v) is 7.90. The summed E-state index contributed by atoms with van der Waals surface area (Å²) in [5.74, 6) is -1.24. The van der Waals surface area contributed by atoms with Gasteiger partial charge in [0.1, 0.15) is 0 Å². The van der Waals surface area contributed by atoms with Crippen LogP contribution >= 0.6 is 0 Å². The van der Waals surface area contributed by atoms with Crippen LogP contribution in [0, 0.1) is 0 Å². The van der Waals surface area contributed by atoms with E-state index in [1.165, 1.54) is 12.1 Å². The van der Waals surface area contributed by atoms with Gasteiger partial charge in [-0.05, 0) is 23.2 Å². The van der Waals surface area contributed by atoms with Crippen molar-refractivity contribution in [2.24, 2.45) is 0 Å². The fourth-order valence-corrected chi connectivity index (χ4v) is 1.30. The quantitative estimate of drug-likeness (QED) is 0.808. The lowest BCUT2D eigenvalue weighted by Crippen LogP contribution is -1.94. The Morgan fingerprint density at radius 2 is 1.53 bits per heavy atom. The van der Waals surface area contributed by atoms with Gasteiger partial charge in [0.25, 0.3) is 0 Å². The minimum atomic E-state index is -1.24. The smallest absolute Gasteiger partial charge is 0.335 e. The van der Waals surface area contributed by atoms with Crippen molar-refractivity contribution >= 4 is 5.97 Å². The second-order valence-corrected chi connectivity index (χ2v) is 3.08. The molecular weight excluding hydrogens is 188 g/mol. The number of rotatable bonds is 2. The van der Waals surface area contributed by atoms with E-state index in [4.69, 9.17) is 7.85 Å². The largest absolute Gasteiger partial charge is 0.478 e. The van der Waals surface area contributed by atoms with Crippen LogP contribution in [0.4, 0.5) is 0 Å². The molecule has 0 heterocycles. The molecule has 0 aliphatic heterocycles. The van der Waals surface area contributed by atoms with Crippen LogP contribution in [0.2, 0.25) is 0 Å². The second-order valence-electron chi connectivity index (χ2n) is 3.08. The molecule has 2 nitrogen and oxygen atoms in total. The van der Waals surface area contributed by atoms with E-state index < -0.39 is 5.97 Å². The van der Waals surface area contributed by atoms with Gasteiger partial charge in [0.2, 0.25) is 0 Å². The Labute approximate surface area is 90.6 Å². The van der Waals surface area contributed by atoms with Crippen molar-refractivity contribution in [3.8, 4) is 11.1 Å². The third-order valence-corrected chi connectivity index (χ3v) is 2.07. The number of carboxylic acids is 1. The normalized spacial score (nSPS) is 11.7. The van der Waals surface area contributed by atoms with E-state index in [-0.39, 0.29) is 17.6 Å². The van der Waals surface area contributed by atoms with Crippen molar-refractivity contribution in [3.63, 3.8) is 0 Å². The SMILES string of the molecule is [2H]c1cc(-c2ccccc2)cc([2H])c1C(=O)O. The summed E-state index contributed by atoms with van der Waals surface area (Å²) in [6.07, 6.45) is 0. The zero-order chi connectivity index (χ0) is 12.4. The van der Waals surface area contributed by atoms with Gasteiger partial charge in [-0.25, -0.2) is 4.79 Å². The Hall–Kier alpha value is -2.09. The first-order chi connectivity index (χ1) is 8.09. The van der Waals surface area contributed by atoms with Gasteiger partial charge in [-0.2, -0.15) is 0 Å². The minimum Gasteiger partial charge on any atom is -0.478 e. The van der Waals surface area contributed by atoms with Crippen LogP contribution in [0.1, 0.15) is 13.1 Å². The van der Waals surface area contributed by atoms with E-state index >= 15 is 0 Å². The molecule has 0 saturated carbocycles. The van der Waals surface area contributed by atoms with Gasteiger partial charge >= 0.3 is 5.97 Å². The van der Waals surface area contributed by atoms with Gasteiger partial charge in [0.05, 0.1) is 8.30 Å². The second kappa shape index (κ2) is 3.96. The summed E-state index contributed by atoms with van der Waals surface area (Å²) in [7, 11) is 0. The average Bonchev–Trinajstić information content (AvgIpc) is 2.28. The van der Waals surface area contributed by atoms with Gasteiger partial charge in [-0.15, -0.1) is 0 Å². The third-order valence-electron chi connectivity index (χ3n) is 2.07. The first-order valence-electron chi connectivity index (χ1n) is 5.49. The molecule has 0 radical (unpaired) electrons. The fraction of sp³-hybridized carbons (Fsp3) is 0. The van der Waals surface area contributed by atoms with E-state index in [0.717, 1.165) is 5.56 Å². The molecule has 0 bridgehead atoms. The molecular formula is C13H10O2. The average molecular weight is 200 g/mol. The van der Waals surface area contributed by atoms with Gasteiger partial charge in [-0.1, -0.05) is 42.5 Å². The molecule has 74 valence electrons. The van der Waals surface area contributed by atoms with Crippen LogP contribution in [0.3, 0.4) is 0 Å². The van der Waals surface area contributed by atoms with Crippen molar-refractivity contribution < 1.29 is 12.6 Å². The Bertz CT molecular complexity index is 542. The molecule has 0 saturated heterocycles. The molecule has 2 aromatic rings. The number of hydrogen-bond donors (Lipinski definition) is 1. The van der Waals surface area contributed by atoms with Gasteiger partial charge in [0.15, 0.2) is 0 Å². The molecule has 2 rings (SSSR count). The predicted molar refractivity (Wildman–Crippen MR) is 58.8 cm³/mol. The van der Waals surface area contributed by atoms with E-state index in [1.807, 2.05) is 30.3 Å². The summed E-state index contributed by atoms with van der Waals surface area (Å²) in [5.41, 5.74) is 1.29. The van der Waals surface area contributed by atoms with Crippen LogP contribution in [-0.4, -0.2) is 11.1 Å². The molecule has 0 unspecified atom stereocenters. The minimum absolute atomic E-state index is 0.135. The number of carbonyl (C=O) groups is 1. The van der Waals surface area contributed by atoms with Crippen LogP contribution in [0.5, 0.6) is 0 Å². The van der Waals surface area contributed by atoms with Crippen LogP contribution in [0.25, 0.3) is 11.1 Å². The Kier molecular flexibility index (Phi) is 1.91. The van der Waals surface area contributed by atoms with Crippen LogP contribution < -0.4 is 0 Å². The van der Waals surface area contributed by atoms with E-state index in [1.54, 1.807) is 0 Å². The molecule has 0 amide bonds. The van der Waals surface area contributed by atoms with E-state index in [2.05, 4.69) is 0 Å². The molecule has 0 fully saturated rings. The summed E-state index contributed by atoms with van der Waals surface area (Å²) in [6.45, 7) is 0. The summed E-state index contributed by atoms with van der Waals surface area (Å²) >= 11 is 0. The van der Waals surface area contributed by atoms with Crippen molar-refractivity contribution in [2.75, 3.05) is 0 Å². The van der Waals surface area contributed by atoms with Gasteiger partial charge < -0.3 is 5.11 Å². The Morgan fingerprint density at radius 1 is 1.00 bits per heavy atom. The molecule has 0 aromatic heterocycles. The summed E-state index contributed by atoms with van der Waals surface area (Å²) in [5, 5.41) is 8.87. The van der Waals surface area contributed by atoms with Crippen molar-refractivity contribution in [3.05, 3.63) is 60.1 Å². The topological polar surface area (TPSA) is 37.3 Å². The summed E-state index contributed by atoms with van der Waals surface area (Å²) in [6, 6.07) is 12.0. The maximum Gasteiger partial charge on any atom is 0.335 e. The van der Waals surface area contributed by atoms with Gasteiger partial charge in [0, 0.05) is 0 Å². The first kappa shape index (κ1) is 7.23. The summed E-state index contributed by atoms with van der Waals surface area (Å²) < 4.78 is 15.3. The first-order valence-corrected chi connectivity index (χ1v) is 4.49. The molecule has 2 aromatic carbocycles. The maximum absolute atomic E-state index is 10.9. The molecule has 2 heteroatoms. The maximum atomic E-state index is 10.9. The molecule has 0 spiro atoms. The monoisotopic (exact) mass is 200 g/mol. The highest BCUT2D eigenvalue weighted by Gasteiger charge is 2.02. The molecule has 0 atom stereocenters. The highest BCUT2D eigenvalue weighted by Crippen LogP contribution is 2.18. The molecule has 0 aliphatic carbocycles. The number of aromatic carboxylic acids is 1. The lowest BCUT2D eigenvalue weighted by atomic mass is 10.0. The third kappa shape index (κ3) is 2.05. The molecule has 1 N–H and O–H groups in total. The van der Waals surface area contributed by atoms with Crippen LogP contribution in [-0.2, 0) is 0 Å². The van der Waals surface area contributed by atoms with E-state index in [9.17, 15) is 4.79 Å². The van der Waals surface area contributed by atoms with Gasteiger partial charge in [-0.3, -0.25) is 0 Å². The number of benzene rings is 2. The van der Waals surface area contributed by atoms with Crippen LogP contribution in [0.15, 0.2) is 54.5 Å². The van der Waals surface area contributed by atoms with Crippen molar-refractivity contribution in [1.29, 1.82) is 0 Å². The zero-order valence-electron chi connectivity index (χ0n) is 9.90. The Balaban J connectivity index is 2.57. The highest BCUT2D eigenvalue weighted by molar-refractivity contribution is 5.88. The Morgan fingerprint density at radius 3 is 2.07 bits per heavy atom. The number of carboxylic acid groups (broad SMARTS) is 1. The van der Waals surface area contributed by atoms with Crippen molar-refractivity contribution in [2.45, 2.75) is 0 Å². The standard InChI is InChI=1S/C13H10O2/c14-13(15)12-8-6-11(7-9-12)10-4-2-1-3-5-10/h1-9H,(H,14,15)/i8D,9D. The molecule has 0 aliphatic rings. The highest BCUT2D eigenvalue weighted by atomic mass is 16.4. The number of hydrogen-bond acceptors (Lipinski definition) is 1. The molecule has 15 heavy (non-hydrogen) atoms. The fourth-order valence-electron chi connectivity index (χ4n) is 1.30. The van der Waals surface area contributed by atoms with Crippen molar-refractivity contribution in [1.82, 2.24) is 0 Å². The lowest BCUT2D eigenvalue weighted by Gasteiger charge is -2.01. The lowest BCUT2D eigenvalue weighted by molar-refractivity contribution is 0.0697. The van der Waals surface area contributed by atoms with E-state index in [0.29, 0.717) is 5.56 Å². The predicted octanol–water partition coefficient (Wildman–Crippen LogP) is 3.05.